The number of benzene rings is 4. The fraction of sp³-hybridized carbons (Fsp3) is 0.317. The monoisotopic (exact) mass is 667 g/mol. The quantitative estimate of drug-likeness (QED) is 0.106. The molecule has 1 aliphatic heterocycles. The highest BCUT2D eigenvalue weighted by Gasteiger charge is 2.34. The summed E-state index contributed by atoms with van der Waals surface area (Å²) >= 11 is 0. The lowest BCUT2D eigenvalue weighted by atomic mass is 10.0. The number of carbonyl (C=O) groups is 2. The molecular formula is C41H44F3N3O2. The third kappa shape index (κ3) is 10.1. The third-order valence-corrected chi connectivity index (χ3v) is 9.03. The van der Waals surface area contributed by atoms with Crippen LogP contribution in [0.3, 0.4) is 0 Å². The predicted octanol–water partition coefficient (Wildman–Crippen LogP) is 8.44. The van der Waals surface area contributed by atoms with E-state index < -0.39 is 17.8 Å². The number of hydrogen-bond donors (Lipinski definition) is 0. The minimum atomic E-state index is -4.45. The molecule has 4 aromatic carbocycles. The number of unbranched alkanes of at least 4 members (excludes halogenated alkanes) is 2. The second-order valence-electron chi connectivity index (χ2n) is 12.5. The fourth-order valence-corrected chi connectivity index (χ4v) is 6.18. The first-order chi connectivity index (χ1) is 23.7. The van der Waals surface area contributed by atoms with Crippen molar-refractivity contribution in [2.45, 2.75) is 57.8 Å². The van der Waals surface area contributed by atoms with Gasteiger partial charge in [-0.3, -0.25) is 9.59 Å². The highest BCUT2D eigenvalue weighted by molar-refractivity contribution is 5.96. The summed E-state index contributed by atoms with van der Waals surface area (Å²) in [6.45, 7) is 4.78. The number of alkyl halides is 3. The number of piperazine rings is 1. The molecule has 2 amide bonds. The molecule has 0 spiro atoms. The zero-order valence-electron chi connectivity index (χ0n) is 28.0. The van der Waals surface area contributed by atoms with E-state index in [0.29, 0.717) is 38.2 Å². The summed E-state index contributed by atoms with van der Waals surface area (Å²) in [5.41, 5.74) is 3.87. The molecule has 8 heteroatoms. The van der Waals surface area contributed by atoms with Gasteiger partial charge in [0.15, 0.2) is 0 Å². The zero-order chi connectivity index (χ0) is 34.6. The molecule has 5 nitrogen and oxygen atoms in total. The largest absolute Gasteiger partial charge is 0.416 e. The Hall–Kier alpha value is -4.85. The number of carbonyl (C=O) groups excluding carboxylic acids is 2. The number of hydrogen-bond acceptors (Lipinski definition) is 3. The van der Waals surface area contributed by atoms with Crippen LogP contribution in [-0.2, 0) is 35.2 Å². The lowest BCUT2D eigenvalue weighted by Gasteiger charge is -2.40. The van der Waals surface area contributed by atoms with Crippen LogP contribution < -0.4 is 4.90 Å². The van der Waals surface area contributed by atoms with Crippen LogP contribution in [0.2, 0.25) is 0 Å². The summed E-state index contributed by atoms with van der Waals surface area (Å²) in [7, 11) is 0. The minimum absolute atomic E-state index is 0.121. The Kier molecular flexibility index (Phi) is 12.3. The Morgan fingerprint density at radius 2 is 1.37 bits per heavy atom. The number of nitrogens with zero attached hydrogens (tertiary/aromatic N) is 3. The van der Waals surface area contributed by atoms with Crippen LogP contribution in [0.5, 0.6) is 0 Å². The van der Waals surface area contributed by atoms with Gasteiger partial charge in [0.05, 0.1) is 5.56 Å². The van der Waals surface area contributed by atoms with Gasteiger partial charge in [0, 0.05) is 50.9 Å². The van der Waals surface area contributed by atoms with E-state index in [1.54, 1.807) is 4.90 Å². The van der Waals surface area contributed by atoms with Gasteiger partial charge >= 0.3 is 6.18 Å². The molecule has 49 heavy (non-hydrogen) atoms. The van der Waals surface area contributed by atoms with Crippen LogP contribution in [0.25, 0.3) is 6.08 Å². The number of anilines is 1. The van der Waals surface area contributed by atoms with Gasteiger partial charge in [-0.05, 0) is 65.4 Å². The van der Waals surface area contributed by atoms with Gasteiger partial charge in [0.25, 0.3) is 0 Å². The van der Waals surface area contributed by atoms with Crippen molar-refractivity contribution in [3.8, 4) is 0 Å². The molecule has 256 valence electrons. The number of rotatable bonds is 13. The molecule has 0 aromatic heterocycles. The second-order valence-corrected chi connectivity index (χ2v) is 12.5. The predicted molar refractivity (Wildman–Crippen MR) is 190 cm³/mol. The smallest absolute Gasteiger partial charge is 0.368 e. The molecule has 4 aromatic rings. The molecule has 1 atom stereocenters. The van der Waals surface area contributed by atoms with Crippen LogP contribution >= 0.6 is 0 Å². The number of halogens is 3. The van der Waals surface area contributed by atoms with Gasteiger partial charge in [-0.1, -0.05) is 105 Å². The number of para-hydroxylation sites is 1. The molecule has 0 aliphatic carbocycles. The maximum absolute atomic E-state index is 14.5. The van der Waals surface area contributed by atoms with Crippen LogP contribution in [0.15, 0.2) is 115 Å². The van der Waals surface area contributed by atoms with E-state index in [1.807, 2.05) is 65.6 Å². The second kappa shape index (κ2) is 17.0. The highest BCUT2D eigenvalue weighted by atomic mass is 19.4. The molecule has 1 aliphatic rings. The summed E-state index contributed by atoms with van der Waals surface area (Å²) < 4.78 is 39.4. The first-order valence-corrected chi connectivity index (χ1v) is 17.1. The van der Waals surface area contributed by atoms with Crippen molar-refractivity contribution in [2.75, 3.05) is 31.1 Å². The number of aryl methyl sites for hydroxylation is 1. The standard InChI is InChI=1S/C41H44F3N3O2/c1-2-3-6-11-32-16-18-35(19-17-32)31-47(39(48)25-22-33-20-23-36(24-21-33)41(42,43)44)38(30-34-12-7-4-8-13-34)40(49)46-28-26-45(27-29-46)37-14-9-5-10-15-37/h4-5,7-10,12-25,38H,2-3,6,11,26-31H2,1H3/b25-22+/t38-/m0/s1. The molecule has 1 fully saturated rings. The molecule has 0 radical (unpaired) electrons. The van der Waals surface area contributed by atoms with Gasteiger partial charge in [0.1, 0.15) is 6.04 Å². The van der Waals surface area contributed by atoms with Crippen molar-refractivity contribution in [3.05, 3.63) is 143 Å². The highest BCUT2D eigenvalue weighted by Crippen LogP contribution is 2.29. The molecule has 0 saturated carbocycles. The van der Waals surface area contributed by atoms with Gasteiger partial charge in [-0.15, -0.1) is 0 Å². The summed E-state index contributed by atoms with van der Waals surface area (Å²) in [4.78, 5) is 34.3. The first kappa shape index (κ1) is 35.5. The lowest BCUT2D eigenvalue weighted by molar-refractivity contribution is -0.144. The average Bonchev–Trinajstić information content (AvgIpc) is 3.13. The maximum atomic E-state index is 14.5. The molecule has 5 rings (SSSR count). The van der Waals surface area contributed by atoms with E-state index in [9.17, 15) is 22.8 Å². The summed E-state index contributed by atoms with van der Waals surface area (Å²) in [5.74, 6) is -0.506. The number of amides is 2. The lowest BCUT2D eigenvalue weighted by Crippen LogP contribution is -2.56. The van der Waals surface area contributed by atoms with Crippen molar-refractivity contribution in [1.29, 1.82) is 0 Å². The molecule has 0 N–H and O–H groups in total. The SMILES string of the molecule is CCCCCc1ccc(CN(C(=O)/C=C/c2ccc(C(F)(F)F)cc2)[C@@H](Cc2ccccc2)C(=O)N2CCN(c3ccccc3)CC2)cc1. The summed E-state index contributed by atoms with van der Waals surface area (Å²) in [6.07, 6.45) is 3.16. The van der Waals surface area contributed by atoms with E-state index in [4.69, 9.17) is 0 Å². The van der Waals surface area contributed by atoms with Crippen molar-refractivity contribution < 1.29 is 22.8 Å². The van der Waals surface area contributed by atoms with Crippen molar-refractivity contribution in [3.63, 3.8) is 0 Å². The van der Waals surface area contributed by atoms with Gasteiger partial charge in [0.2, 0.25) is 11.8 Å². The van der Waals surface area contributed by atoms with Crippen molar-refractivity contribution >= 4 is 23.6 Å². The molecule has 1 heterocycles. The zero-order valence-corrected chi connectivity index (χ0v) is 28.0. The third-order valence-electron chi connectivity index (χ3n) is 9.03. The Bertz CT molecular complexity index is 1650. The Morgan fingerprint density at radius 1 is 0.755 bits per heavy atom. The molecule has 0 unspecified atom stereocenters. The Labute approximate surface area is 287 Å². The van der Waals surface area contributed by atoms with E-state index in [-0.39, 0.29) is 18.4 Å². The van der Waals surface area contributed by atoms with Crippen LogP contribution in [0.4, 0.5) is 18.9 Å². The van der Waals surface area contributed by atoms with Crippen LogP contribution in [0.1, 0.15) is 54.0 Å². The molecular weight excluding hydrogens is 623 g/mol. The Morgan fingerprint density at radius 3 is 1.98 bits per heavy atom. The topological polar surface area (TPSA) is 43.9 Å². The molecule has 1 saturated heterocycles. The first-order valence-electron chi connectivity index (χ1n) is 17.1. The normalized spacial score (nSPS) is 14.2. The summed E-state index contributed by atoms with van der Waals surface area (Å²) in [6, 6.07) is 31.9. The summed E-state index contributed by atoms with van der Waals surface area (Å²) in [5, 5.41) is 0. The molecule has 0 bridgehead atoms. The van der Waals surface area contributed by atoms with Crippen molar-refractivity contribution in [1.82, 2.24) is 9.80 Å². The van der Waals surface area contributed by atoms with E-state index in [1.165, 1.54) is 29.8 Å². The van der Waals surface area contributed by atoms with Gasteiger partial charge < -0.3 is 14.7 Å². The van der Waals surface area contributed by atoms with E-state index in [2.05, 4.69) is 36.1 Å². The van der Waals surface area contributed by atoms with Crippen molar-refractivity contribution in [2.24, 2.45) is 0 Å². The van der Waals surface area contributed by atoms with E-state index >= 15 is 0 Å². The maximum Gasteiger partial charge on any atom is 0.416 e. The fourth-order valence-electron chi connectivity index (χ4n) is 6.18. The van der Waals surface area contributed by atoms with Gasteiger partial charge in [-0.25, -0.2) is 0 Å². The Balaban J connectivity index is 1.42. The van der Waals surface area contributed by atoms with Gasteiger partial charge in [-0.2, -0.15) is 13.2 Å². The minimum Gasteiger partial charge on any atom is -0.368 e. The van der Waals surface area contributed by atoms with Crippen LogP contribution in [-0.4, -0.2) is 53.8 Å². The van der Waals surface area contributed by atoms with E-state index in [0.717, 1.165) is 54.6 Å². The van der Waals surface area contributed by atoms with Crippen LogP contribution in [0, 0.1) is 0 Å². The average molecular weight is 668 g/mol.